The fraction of sp³-hybridized carbons (Fsp3) is 0. The fourth-order valence-corrected chi connectivity index (χ4v) is 0. The van der Waals surface area contributed by atoms with Gasteiger partial charge in [-0.15, -0.1) is 0 Å². The monoisotopic (exact) mass is 154 g/mol. The van der Waals surface area contributed by atoms with Crippen LogP contribution in [0.2, 0.25) is 0 Å². The molecule has 0 aliphatic carbocycles. The summed E-state index contributed by atoms with van der Waals surface area (Å²) in [5.41, 5.74) is 0. The van der Waals surface area contributed by atoms with Crippen molar-refractivity contribution in [3.63, 3.8) is 0 Å². The minimum Gasteiger partial charge on any atom is -0.724 e. The van der Waals surface area contributed by atoms with Crippen LogP contribution in [-0.4, -0.2) is 29.2 Å². The van der Waals surface area contributed by atoms with E-state index in [4.69, 9.17) is 30.6 Å². The van der Waals surface area contributed by atoms with Crippen LogP contribution in [0, 0.1) is 0 Å². The summed E-state index contributed by atoms with van der Waals surface area (Å²) >= 11 is 0. The van der Waals surface area contributed by atoms with Crippen LogP contribution < -0.4 is 0 Å². The minimum absolute atomic E-state index is 0. The second kappa shape index (κ2) is 161. The third-order valence-electron chi connectivity index (χ3n) is 0. The highest BCUT2D eigenvalue weighted by molar-refractivity contribution is 5.75. The predicted molar refractivity (Wildman–Crippen MR) is 32.9 cm³/mol. The van der Waals surface area contributed by atoms with Crippen molar-refractivity contribution in [3.8, 4) is 0 Å². The molecule has 0 saturated carbocycles. The highest BCUT2D eigenvalue weighted by Crippen LogP contribution is 0.955. The van der Waals surface area contributed by atoms with E-state index in [9.17, 15) is 0 Å². The van der Waals surface area contributed by atoms with Crippen LogP contribution in [0.25, 0.3) is 16.2 Å². The van der Waals surface area contributed by atoms with Crippen LogP contribution >= 0.6 is 0 Å². The Kier molecular flexibility index (Phi) is 385. The lowest BCUT2D eigenvalue weighted by Crippen LogP contribution is -1.13. The fourth-order valence-electron chi connectivity index (χ4n) is 0. The van der Waals surface area contributed by atoms with E-state index in [-0.39, 0.29) is 11.0 Å². The Morgan fingerprint density at radius 3 is 0.700 bits per heavy atom. The maximum absolute atomic E-state index is 8.24. The SMILES string of the molecule is [N-]=C=O.[N-]=C=O.[N-]=C=O.[Si]. The zero-order valence-electron chi connectivity index (χ0n) is 4.57. The Labute approximate surface area is 60.8 Å². The third kappa shape index (κ3) is 67.6. The van der Waals surface area contributed by atoms with Crippen LogP contribution in [-0.2, 0) is 14.4 Å². The molecule has 0 amide bonds. The molecule has 52 valence electrons. The molecule has 0 N–H and O–H groups in total. The van der Waals surface area contributed by atoms with E-state index in [1.807, 2.05) is 0 Å². The topological polar surface area (TPSA) is 118 Å². The highest BCUT2D eigenvalue weighted by Gasteiger charge is 0.796. The van der Waals surface area contributed by atoms with Gasteiger partial charge in [0.1, 0.15) is 0 Å². The molecule has 0 atom stereocenters. The molecule has 0 unspecified atom stereocenters. The first-order chi connectivity index (χ1) is 4.24. The van der Waals surface area contributed by atoms with E-state index in [2.05, 4.69) is 0 Å². The second-order valence-electron chi connectivity index (χ2n) is 0.274. The minimum atomic E-state index is 0. The van der Waals surface area contributed by atoms with Crippen molar-refractivity contribution in [1.82, 2.24) is 0 Å². The Morgan fingerprint density at radius 2 is 0.700 bits per heavy atom. The van der Waals surface area contributed by atoms with Gasteiger partial charge in [0, 0.05) is 11.0 Å². The van der Waals surface area contributed by atoms with Gasteiger partial charge >= 0.3 is 0 Å². The quantitative estimate of drug-likeness (QED) is 0.260. The number of isocyanates is 3. The highest BCUT2D eigenvalue weighted by atomic mass is 28.1. The Bertz CT molecular complexity index is 111. The number of rotatable bonds is 0. The van der Waals surface area contributed by atoms with Gasteiger partial charge in [0.15, 0.2) is 0 Å². The van der Waals surface area contributed by atoms with Crippen molar-refractivity contribution in [2.45, 2.75) is 0 Å². The third-order valence-corrected chi connectivity index (χ3v) is 0. The molecule has 6 nitrogen and oxygen atoms in total. The number of carbonyl (C=O) groups excluding carboxylic acids is 3. The predicted octanol–water partition coefficient (Wildman–Crippen LogP) is -0.706. The van der Waals surface area contributed by atoms with Crippen molar-refractivity contribution < 1.29 is 14.4 Å². The molecule has 0 fully saturated rings. The molecular formula is C3N3O3Si-3. The largest absolute Gasteiger partial charge is 0.724 e. The summed E-state index contributed by atoms with van der Waals surface area (Å²) in [4.78, 5) is 24.7. The van der Waals surface area contributed by atoms with E-state index in [1.54, 1.807) is 0 Å². The number of hydrogen-bond acceptors (Lipinski definition) is 3. The average molecular weight is 154 g/mol. The van der Waals surface area contributed by atoms with Crippen molar-refractivity contribution in [1.29, 1.82) is 0 Å². The first-order valence-electron chi connectivity index (χ1n) is 1.28. The van der Waals surface area contributed by atoms with Gasteiger partial charge in [-0.3, -0.25) is 14.4 Å². The first-order valence-corrected chi connectivity index (χ1v) is 1.28. The van der Waals surface area contributed by atoms with Crippen molar-refractivity contribution in [3.05, 3.63) is 16.2 Å². The molecule has 0 aliphatic heterocycles. The van der Waals surface area contributed by atoms with E-state index < -0.39 is 0 Å². The van der Waals surface area contributed by atoms with Crippen LogP contribution in [0.5, 0.6) is 0 Å². The summed E-state index contributed by atoms with van der Waals surface area (Å²) in [5.74, 6) is 0. The lowest BCUT2D eigenvalue weighted by atomic mass is 11.7. The molecule has 0 aromatic heterocycles. The van der Waals surface area contributed by atoms with Gasteiger partial charge in [0.25, 0.3) is 0 Å². The Balaban J connectivity index is -0.0000000257. The second-order valence-corrected chi connectivity index (χ2v) is 0.274. The molecule has 0 aromatic rings. The standard InChI is InChI=1S/3CNO.Si/c3*2-1-3;/q3*-1;. The lowest BCUT2D eigenvalue weighted by molar-refractivity contribution is 0.568. The van der Waals surface area contributed by atoms with Crippen LogP contribution in [0.1, 0.15) is 0 Å². The molecule has 0 bridgehead atoms. The van der Waals surface area contributed by atoms with Crippen molar-refractivity contribution in [2.75, 3.05) is 0 Å². The van der Waals surface area contributed by atoms with Gasteiger partial charge in [-0.1, -0.05) is 0 Å². The maximum atomic E-state index is 8.24. The lowest BCUT2D eigenvalue weighted by Gasteiger charge is -1.32. The summed E-state index contributed by atoms with van der Waals surface area (Å²) in [6, 6.07) is 0. The summed E-state index contributed by atoms with van der Waals surface area (Å²) in [5, 5.41) is 20.3. The van der Waals surface area contributed by atoms with E-state index in [0.717, 1.165) is 0 Å². The zero-order valence-corrected chi connectivity index (χ0v) is 5.57. The molecule has 0 rings (SSSR count). The molecule has 7 heteroatoms. The van der Waals surface area contributed by atoms with Crippen LogP contribution in [0.3, 0.4) is 0 Å². The van der Waals surface area contributed by atoms with E-state index >= 15 is 0 Å². The van der Waals surface area contributed by atoms with Crippen molar-refractivity contribution >= 4 is 29.2 Å². The maximum Gasteiger partial charge on any atom is 0 e. The molecule has 10 heavy (non-hydrogen) atoms. The van der Waals surface area contributed by atoms with Gasteiger partial charge < -0.3 is 16.2 Å². The molecular weight excluding hydrogens is 154 g/mol. The summed E-state index contributed by atoms with van der Waals surface area (Å²) < 4.78 is 0. The van der Waals surface area contributed by atoms with Gasteiger partial charge in [0.05, 0.1) is 0 Å². The molecule has 0 aliphatic rings. The summed E-state index contributed by atoms with van der Waals surface area (Å²) in [6.45, 7) is 0. The normalized spacial score (nSPS) is 2.40. The van der Waals surface area contributed by atoms with Crippen molar-refractivity contribution in [2.24, 2.45) is 0 Å². The summed E-state index contributed by atoms with van der Waals surface area (Å²) in [7, 11) is 0. The number of nitrogens with zero attached hydrogens (tertiary/aromatic N) is 3. The molecule has 4 radical (unpaired) electrons. The number of hydrogen-bond donors (Lipinski definition) is 0. The Hall–Kier alpha value is -1.64. The molecule has 0 saturated heterocycles. The molecule has 0 aromatic carbocycles. The van der Waals surface area contributed by atoms with Crippen LogP contribution in [0.4, 0.5) is 0 Å². The van der Waals surface area contributed by atoms with Gasteiger partial charge in [-0.25, -0.2) is 0 Å². The van der Waals surface area contributed by atoms with E-state index in [0.29, 0.717) is 18.2 Å². The average Bonchev–Trinajstić information content (AvgIpc) is 1.70. The van der Waals surface area contributed by atoms with Gasteiger partial charge in [-0.05, 0) is 18.2 Å². The zero-order chi connectivity index (χ0) is 8.12. The first kappa shape index (κ1) is 23.8. The van der Waals surface area contributed by atoms with Gasteiger partial charge in [-0.2, -0.15) is 0 Å². The van der Waals surface area contributed by atoms with Gasteiger partial charge in [0.2, 0.25) is 0 Å². The smallest absolute Gasteiger partial charge is 0 e. The summed E-state index contributed by atoms with van der Waals surface area (Å²) in [6.07, 6.45) is 1.50. The molecule has 0 heterocycles. The van der Waals surface area contributed by atoms with Crippen LogP contribution in [0.15, 0.2) is 0 Å². The Morgan fingerprint density at radius 1 is 0.700 bits per heavy atom. The van der Waals surface area contributed by atoms with E-state index in [1.165, 1.54) is 0 Å². The molecule has 0 spiro atoms.